The Labute approximate surface area is 202 Å². The highest BCUT2D eigenvalue weighted by molar-refractivity contribution is 5.28. The molecule has 1 aromatic carbocycles. The second-order valence-corrected chi connectivity index (χ2v) is 8.60. The summed E-state index contributed by atoms with van der Waals surface area (Å²) in [5.74, 6) is 0.999. The number of halogens is 1. The van der Waals surface area contributed by atoms with E-state index in [-0.39, 0.29) is 17.0 Å². The molecule has 0 saturated heterocycles. The van der Waals surface area contributed by atoms with Gasteiger partial charge in [-0.25, -0.2) is 4.57 Å². The van der Waals surface area contributed by atoms with E-state index in [1.807, 2.05) is 6.07 Å². The first-order valence-electron chi connectivity index (χ1n) is 12.5. The van der Waals surface area contributed by atoms with Gasteiger partial charge in [0.1, 0.15) is 12.4 Å². The number of aryl methyl sites for hydroxylation is 1. The Morgan fingerprint density at radius 2 is 1.26 bits per heavy atom. The maximum Gasteiger partial charge on any atom is 0.182 e. The van der Waals surface area contributed by atoms with Gasteiger partial charge in [-0.3, -0.25) is 0 Å². The molecule has 31 heavy (non-hydrogen) atoms. The highest BCUT2D eigenvalue weighted by Gasteiger charge is 2.01. The van der Waals surface area contributed by atoms with Crippen LogP contribution in [0.25, 0.3) is 0 Å². The number of nitrogens with zero attached hydrogens (tertiary/aromatic N) is 1. The summed E-state index contributed by atoms with van der Waals surface area (Å²) in [6.45, 7) is 3.87. The molecule has 174 valence electrons. The van der Waals surface area contributed by atoms with Crippen LogP contribution in [0.3, 0.4) is 0 Å². The number of aromatic nitrogens is 1. The fourth-order valence-electron chi connectivity index (χ4n) is 3.99. The molecule has 0 radical (unpaired) electrons. The molecule has 0 aliphatic heterocycles. The van der Waals surface area contributed by atoms with Crippen LogP contribution in [0.15, 0.2) is 54.9 Å². The zero-order chi connectivity index (χ0) is 21.1. The molecule has 0 atom stereocenters. The Morgan fingerprint density at radius 3 is 1.87 bits per heavy atom. The summed E-state index contributed by atoms with van der Waals surface area (Å²) in [7, 11) is 0. The van der Waals surface area contributed by atoms with Gasteiger partial charge in [-0.15, -0.1) is 0 Å². The van der Waals surface area contributed by atoms with Crippen LogP contribution >= 0.6 is 0 Å². The van der Waals surface area contributed by atoms with Gasteiger partial charge in [0.05, 0.1) is 0 Å². The van der Waals surface area contributed by atoms with E-state index in [0.29, 0.717) is 6.61 Å². The number of hydrogen-bond acceptors (Lipinski definition) is 1. The first-order valence-corrected chi connectivity index (χ1v) is 12.5. The van der Waals surface area contributed by atoms with E-state index >= 15 is 0 Å². The summed E-state index contributed by atoms with van der Waals surface area (Å²) in [4.78, 5) is 0. The van der Waals surface area contributed by atoms with Crippen molar-refractivity contribution in [1.82, 2.24) is 0 Å². The van der Waals surface area contributed by atoms with Gasteiger partial charge < -0.3 is 21.7 Å². The van der Waals surface area contributed by atoms with Crippen LogP contribution < -0.4 is 26.3 Å². The highest BCUT2D eigenvalue weighted by atomic mass is 79.9. The minimum atomic E-state index is 0. The first-order chi connectivity index (χ1) is 14.9. The van der Waals surface area contributed by atoms with Crippen LogP contribution in [-0.4, -0.2) is 6.61 Å². The monoisotopic (exact) mass is 489 g/mol. The molecular formula is C28H44BrNO. The molecule has 2 nitrogen and oxygen atoms in total. The molecule has 0 bridgehead atoms. The number of pyridine rings is 1. The normalized spacial score (nSPS) is 10.6. The van der Waals surface area contributed by atoms with E-state index in [0.717, 1.165) is 12.3 Å². The van der Waals surface area contributed by atoms with E-state index in [1.54, 1.807) is 0 Å². The molecule has 0 saturated carbocycles. The summed E-state index contributed by atoms with van der Waals surface area (Å²) in [6.07, 6.45) is 23.7. The summed E-state index contributed by atoms with van der Waals surface area (Å²) in [5, 5.41) is 0. The van der Waals surface area contributed by atoms with Crippen molar-refractivity contribution in [2.24, 2.45) is 0 Å². The van der Waals surface area contributed by atoms with Crippen LogP contribution in [-0.2, 0) is 13.0 Å². The predicted molar refractivity (Wildman–Crippen MR) is 128 cm³/mol. The standard InChI is InChI=1S/C28H44NO.BrH/c1-2-3-4-5-6-7-8-9-10-11-12-13-15-19-27-20-18-21-28(26-27)30-25-24-29-22-16-14-17-23-29;/h14,16-18,20-23,26H,2-13,15,19,24-25H2,1H3;1H/q+1;/p-1. The average molecular weight is 491 g/mol. The lowest BCUT2D eigenvalue weighted by Gasteiger charge is -2.07. The quantitative estimate of drug-likeness (QED) is 0.218. The second kappa shape index (κ2) is 19.3. The zero-order valence-corrected chi connectivity index (χ0v) is 21.3. The van der Waals surface area contributed by atoms with Gasteiger partial charge in [0.2, 0.25) is 0 Å². The molecule has 2 aromatic rings. The largest absolute Gasteiger partial charge is 1.00 e. The molecule has 0 unspecified atom stereocenters. The maximum atomic E-state index is 5.95. The van der Waals surface area contributed by atoms with Crippen molar-refractivity contribution in [2.45, 2.75) is 103 Å². The Balaban J connectivity index is 0.00000480. The molecule has 0 aliphatic rings. The summed E-state index contributed by atoms with van der Waals surface area (Å²) in [6, 6.07) is 14.8. The predicted octanol–water partition coefficient (Wildman–Crippen LogP) is 4.69. The van der Waals surface area contributed by atoms with Crippen LogP contribution in [0.5, 0.6) is 5.75 Å². The Kier molecular flexibility index (Phi) is 17.3. The van der Waals surface area contributed by atoms with Crippen LogP contribution in [0, 0.1) is 0 Å². The van der Waals surface area contributed by atoms with Gasteiger partial charge in [0.25, 0.3) is 0 Å². The van der Waals surface area contributed by atoms with E-state index in [9.17, 15) is 0 Å². The Morgan fingerprint density at radius 1 is 0.677 bits per heavy atom. The van der Waals surface area contributed by atoms with Gasteiger partial charge in [-0.2, -0.15) is 0 Å². The molecule has 0 amide bonds. The van der Waals surface area contributed by atoms with Gasteiger partial charge in [-0.05, 0) is 30.5 Å². The van der Waals surface area contributed by atoms with Crippen LogP contribution in [0.1, 0.15) is 96.0 Å². The zero-order valence-electron chi connectivity index (χ0n) is 19.7. The molecule has 0 spiro atoms. The van der Waals surface area contributed by atoms with Gasteiger partial charge >= 0.3 is 0 Å². The van der Waals surface area contributed by atoms with Gasteiger partial charge in [-0.1, -0.05) is 102 Å². The highest BCUT2D eigenvalue weighted by Crippen LogP contribution is 2.17. The molecule has 0 fully saturated rings. The van der Waals surface area contributed by atoms with E-state index in [2.05, 4.69) is 60.3 Å². The molecule has 3 heteroatoms. The third-order valence-electron chi connectivity index (χ3n) is 5.86. The minimum Gasteiger partial charge on any atom is -1.00 e. The smallest absolute Gasteiger partial charge is 0.182 e. The van der Waals surface area contributed by atoms with E-state index in [4.69, 9.17) is 4.74 Å². The summed E-state index contributed by atoms with van der Waals surface area (Å²) >= 11 is 0. The van der Waals surface area contributed by atoms with Crippen LogP contribution in [0.4, 0.5) is 0 Å². The van der Waals surface area contributed by atoms with E-state index in [1.165, 1.54) is 95.5 Å². The minimum absolute atomic E-state index is 0. The SMILES string of the molecule is CCCCCCCCCCCCCCCc1cccc(OCC[n+]2ccccc2)c1.[Br-]. The van der Waals surface area contributed by atoms with Crippen molar-refractivity contribution in [2.75, 3.05) is 6.61 Å². The molecule has 2 rings (SSSR count). The number of rotatable bonds is 18. The van der Waals surface area contributed by atoms with Crippen molar-refractivity contribution in [3.8, 4) is 5.75 Å². The van der Waals surface area contributed by atoms with Crippen molar-refractivity contribution in [1.29, 1.82) is 0 Å². The number of hydrogen-bond donors (Lipinski definition) is 0. The molecule has 1 heterocycles. The number of ether oxygens (including phenoxy) is 1. The summed E-state index contributed by atoms with van der Waals surface area (Å²) < 4.78 is 8.10. The van der Waals surface area contributed by atoms with E-state index < -0.39 is 0 Å². The van der Waals surface area contributed by atoms with Crippen LogP contribution in [0.2, 0.25) is 0 Å². The van der Waals surface area contributed by atoms with Crippen molar-refractivity contribution < 1.29 is 26.3 Å². The summed E-state index contributed by atoms with van der Waals surface area (Å²) in [5.41, 5.74) is 1.41. The third-order valence-corrected chi connectivity index (χ3v) is 5.86. The van der Waals surface area contributed by atoms with Crippen molar-refractivity contribution in [3.63, 3.8) is 0 Å². The van der Waals surface area contributed by atoms with Gasteiger partial charge in [0, 0.05) is 12.1 Å². The average Bonchev–Trinajstić information content (AvgIpc) is 2.78. The molecule has 0 N–H and O–H groups in total. The maximum absolute atomic E-state index is 5.95. The van der Waals surface area contributed by atoms with Crippen molar-refractivity contribution >= 4 is 0 Å². The topological polar surface area (TPSA) is 13.1 Å². The Hall–Kier alpha value is -1.35. The number of unbranched alkanes of at least 4 members (excludes halogenated alkanes) is 12. The second-order valence-electron chi connectivity index (χ2n) is 8.60. The lowest BCUT2D eigenvalue weighted by molar-refractivity contribution is -0.697. The third kappa shape index (κ3) is 14.4. The fourth-order valence-corrected chi connectivity index (χ4v) is 3.99. The Bertz CT molecular complexity index is 646. The first kappa shape index (κ1) is 27.7. The fraction of sp³-hybridized carbons (Fsp3) is 0.607. The number of benzene rings is 1. The van der Waals surface area contributed by atoms with Gasteiger partial charge in [0.15, 0.2) is 18.9 Å². The lowest BCUT2D eigenvalue weighted by Crippen LogP contribution is -3.00. The lowest BCUT2D eigenvalue weighted by atomic mass is 10.0. The molecule has 1 aromatic heterocycles. The molecular weight excluding hydrogens is 446 g/mol. The molecule has 0 aliphatic carbocycles. The van der Waals surface area contributed by atoms with Crippen molar-refractivity contribution in [3.05, 3.63) is 60.4 Å².